The Hall–Kier alpha value is -1.85. The van der Waals surface area contributed by atoms with Gasteiger partial charge in [0.05, 0.1) is 18.4 Å². The number of aryl methyl sites for hydroxylation is 1. The van der Waals surface area contributed by atoms with Gasteiger partial charge in [-0.1, -0.05) is 0 Å². The molecule has 92 valence electrons. The van der Waals surface area contributed by atoms with Crippen molar-refractivity contribution in [1.82, 2.24) is 14.5 Å². The average molecular weight is 237 g/mol. The summed E-state index contributed by atoms with van der Waals surface area (Å²) in [5.41, 5.74) is 0.541. The van der Waals surface area contributed by atoms with Crippen molar-refractivity contribution in [3.63, 3.8) is 0 Å². The van der Waals surface area contributed by atoms with Crippen molar-refractivity contribution >= 4 is 11.9 Å². The molecule has 1 aromatic heterocycles. The van der Waals surface area contributed by atoms with Gasteiger partial charge >= 0.3 is 5.97 Å². The first-order valence-corrected chi connectivity index (χ1v) is 5.58. The lowest BCUT2D eigenvalue weighted by molar-refractivity contribution is -0.143. The molecule has 0 bridgehead atoms. The molecule has 0 radical (unpaired) electrons. The first-order chi connectivity index (χ1) is 8.09. The molecule has 0 saturated carbocycles. The fourth-order valence-corrected chi connectivity index (χ4v) is 2.05. The number of aliphatic carboxylic acids is 1. The quantitative estimate of drug-likeness (QED) is 0.805. The third kappa shape index (κ3) is 2.30. The Morgan fingerprint density at radius 2 is 2.06 bits per heavy atom. The SMILES string of the molecule is Cn1cncc1C(=O)N1CCC(C(=O)O)CC1. The van der Waals surface area contributed by atoms with Crippen molar-refractivity contribution < 1.29 is 14.7 Å². The molecule has 2 rings (SSSR count). The summed E-state index contributed by atoms with van der Waals surface area (Å²) in [4.78, 5) is 28.5. The molecule has 6 heteroatoms. The molecule has 17 heavy (non-hydrogen) atoms. The summed E-state index contributed by atoms with van der Waals surface area (Å²) in [5, 5.41) is 8.87. The fourth-order valence-electron chi connectivity index (χ4n) is 2.05. The van der Waals surface area contributed by atoms with E-state index < -0.39 is 5.97 Å². The molecule has 0 unspecified atom stereocenters. The number of hydrogen-bond acceptors (Lipinski definition) is 3. The maximum Gasteiger partial charge on any atom is 0.306 e. The van der Waals surface area contributed by atoms with E-state index in [1.807, 2.05) is 0 Å². The molecule has 1 amide bonds. The fraction of sp³-hybridized carbons (Fsp3) is 0.545. The minimum absolute atomic E-state index is 0.0751. The van der Waals surface area contributed by atoms with E-state index in [0.29, 0.717) is 31.6 Å². The van der Waals surface area contributed by atoms with E-state index in [-0.39, 0.29) is 11.8 Å². The van der Waals surface area contributed by atoms with Gasteiger partial charge in [0.25, 0.3) is 5.91 Å². The van der Waals surface area contributed by atoms with Crippen molar-refractivity contribution in [2.24, 2.45) is 13.0 Å². The largest absolute Gasteiger partial charge is 0.481 e. The van der Waals surface area contributed by atoms with Gasteiger partial charge in [-0.2, -0.15) is 0 Å². The summed E-state index contributed by atoms with van der Waals surface area (Å²) >= 11 is 0. The minimum Gasteiger partial charge on any atom is -0.481 e. The van der Waals surface area contributed by atoms with Crippen LogP contribution in [0.25, 0.3) is 0 Å². The zero-order chi connectivity index (χ0) is 12.4. The van der Waals surface area contributed by atoms with Crippen LogP contribution in [0.15, 0.2) is 12.5 Å². The Bertz CT molecular complexity index is 433. The first kappa shape index (κ1) is 11.6. The van der Waals surface area contributed by atoms with E-state index in [4.69, 9.17) is 5.11 Å². The van der Waals surface area contributed by atoms with Crippen LogP contribution in [0.5, 0.6) is 0 Å². The van der Waals surface area contributed by atoms with Gasteiger partial charge in [0.15, 0.2) is 0 Å². The number of aromatic nitrogens is 2. The standard InChI is InChI=1S/C11H15N3O3/c1-13-7-12-6-9(13)10(15)14-4-2-8(3-5-14)11(16)17/h6-8H,2-5H2,1H3,(H,16,17). The summed E-state index contributed by atoms with van der Waals surface area (Å²) < 4.78 is 1.67. The molecule has 0 spiro atoms. The number of imidazole rings is 1. The van der Waals surface area contributed by atoms with E-state index in [2.05, 4.69) is 4.98 Å². The van der Waals surface area contributed by atoms with Crippen LogP contribution in [0.4, 0.5) is 0 Å². The van der Waals surface area contributed by atoms with Gasteiger partial charge in [-0.3, -0.25) is 9.59 Å². The number of carbonyl (C=O) groups is 2. The molecule has 6 nitrogen and oxygen atoms in total. The highest BCUT2D eigenvalue weighted by Gasteiger charge is 2.28. The number of hydrogen-bond donors (Lipinski definition) is 1. The Balaban J connectivity index is 2.00. The normalized spacial score (nSPS) is 17.1. The van der Waals surface area contributed by atoms with Gasteiger partial charge in [-0.05, 0) is 12.8 Å². The third-order valence-corrected chi connectivity index (χ3v) is 3.17. The Kier molecular flexibility index (Phi) is 3.12. The van der Waals surface area contributed by atoms with Gasteiger partial charge in [-0.15, -0.1) is 0 Å². The van der Waals surface area contributed by atoms with E-state index >= 15 is 0 Å². The van der Waals surface area contributed by atoms with Crippen LogP contribution >= 0.6 is 0 Å². The molecule has 1 fully saturated rings. The van der Waals surface area contributed by atoms with Gasteiger partial charge in [0.2, 0.25) is 0 Å². The van der Waals surface area contributed by atoms with Crippen LogP contribution in [0, 0.1) is 5.92 Å². The average Bonchev–Trinajstić information content (AvgIpc) is 2.74. The molecular weight excluding hydrogens is 222 g/mol. The molecule has 2 heterocycles. The highest BCUT2D eigenvalue weighted by molar-refractivity contribution is 5.92. The van der Waals surface area contributed by atoms with Gasteiger partial charge < -0.3 is 14.6 Å². The lowest BCUT2D eigenvalue weighted by Gasteiger charge is -2.30. The van der Waals surface area contributed by atoms with Crippen LogP contribution in [0.3, 0.4) is 0 Å². The number of rotatable bonds is 2. The monoisotopic (exact) mass is 237 g/mol. The molecule has 0 aliphatic carbocycles. The second-order valence-electron chi connectivity index (χ2n) is 4.29. The van der Waals surface area contributed by atoms with Gasteiger partial charge in [-0.25, -0.2) is 4.98 Å². The zero-order valence-corrected chi connectivity index (χ0v) is 9.67. The molecule has 0 aromatic carbocycles. The summed E-state index contributed by atoms with van der Waals surface area (Å²) in [6.07, 6.45) is 4.17. The van der Waals surface area contributed by atoms with Crippen molar-refractivity contribution in [2.45, 2.75) is 12.8 Å². The zero-order valence-electron chi connectivity index (χ0n) is 9.67. The maximum absolute atomic E-state index is 12.1. The highest BCUT2D eigenvalue weighted by Crippen LogP contribution is 2.18. The van der Waals surface area contributed by atoms with Crippen LogP contribution < -0.4 is 0 Å². The number of amides is 1. The summed E-state index contributed by atoms with van der Waals surface area (Å²) in [7, 11) is 1.77. The van der Waals surface area contributed by atoms with E-state index in [1.54, 1.807) is 22.8 Å². The predicted octanol–water partition coefficient (Wildman–Crippen LogP) is 0.357. The number of piperidine rings is 1. The summed E-state index contributed by atoms with van der Waals surface area (Å²) in [5.74, 6) is -1.16. The topological polar surface area (TPSA) is 75.4 Å². The molecule has 1 aliphatic rings. The lowest BCUT2D eigenvalue weighted by atomic mass is 9.97. The van der Waals surface area contributed by atoms with Gasteiger partial charge in [0.1, 0.15) is 5.69 Å². The highest BCUT2D eigenvalue weighted by atomic mass is 16.4. The van der Waals surface area contributed by atoms with Gasteiger partial charge in [0, 0.05) is 20.1 Å². The Morgan fingerprint density at radius 1 is 1.41 bits per heavy atom. The summed E-state index contributed by atoms with van der Waals surface area (Å²) in [6.45, 7) is 1.00. The van der Waals surface area contributed by atoms with Crippen molar-refractivity contribution in [3.05, 3.63) is 18.2 Å². The van der Waals surface area contributed by atoms with Crippen LogP contribution in [0.1, 0.15) is 23.3 Å². The smallest absolute Gasteiger partial charge is 0.306 e. The third-order valence-electron chi connectivity index (χ3n) is 3.17. The van der Waals surface area contributed by atoms with E-state index in [1.165, 1.54) is 6.20 Å². The van der Waals surface area contributed by atoms with E-state index in [9.17, 15) is 9.59 Å². The number of nitrogens with zero attached hydrogens (tertiary/aromatic N) is 3. The molecule has 1 N–H and O–H groups in total. The Labute approximate surface area is 98.9 Å². The molecule has 0 atom stereocenters. The van der Waals surface area contributed by atoms with Crippen molar-refractivity contribution in [3.8, 4) is 0 Å². The summed E-state index contributed by atoms with van der Waals surface area (Å²) in [6, 6.07) is 0. The maximum atomic E-state index is 12.1. The second kappa shape index (κ2) is 4.57. The number of carbonyl (C=O) groups excluding carboxylic acids is 1. The molecule has 1 aliphatic heterocycles. The van der Waals surface area contributed by atoms with Crippen LogP contribution in [-0.4, -0.2) is 44.5 Å². The van der Waals surface area contributed by atoms with Crippen molar-refractivity contribution in [2.75, 3.05) is 13.1 Å². The molecule has 1 saturated heterocycles. The Morgan fingerprint density at radius 3 is 2.53 bits per heavy atom. The second-order valence-corrected chi connectivity index (χ2v) is 4.29. The minimum atomic E-state index is -0.766. The number of carboxylic acid groups (broad SMARTS) is 1. The number of likely N-dealkylation sites (tertiary alicyclic amines) is 1. The number of carboxylic acids is 1. The predicted molar refractivity (Wildman–Crippen MR) is 59.5 cm³/mol. The van der Waals surface area contributed by atoms with Crippen molar-refractivity contribution in [1.29, 1.82) is 0 Å². The molecular formula is C11H15N3O3. The van der Waals surface area contributed by atoms with Crippen LogP contribution in [0.2, 0.25) is 0 Å². The van der Waals surface area contributed by atoms with E-state index in [0.717, 1.165) is 0 Å². The van der Waals surface area contributed by atoms with Crippen LogP contribution in [-0.2, 0) is 11.8 Å². The molecule has 1 aromatic rings. The lowest BCUT2D eigenvalue weighted by Crippen LogP contribution is -2.40. The first-order valence-electron chi connectivity index (χ1n) is 5.58.